The number of hydrogen-bond donors (Lipinski definition) is 0. The Morgan fingerprint density at radius 3 is 2.79 bits per heavy atom. The number of ether oxygens (including phenoxy) is 1. The summed E-state index contributed by atoms with van der Waals surface area (Å²) in [6.07, 6.45) is 1.73. The Morgan fingerprint density at radius 1 is 1.37 bits per heavy atom. The molecule has 0 bridgehead atoms. The molecule has 0 N–H and O–H groups in total. The molecule has 0 aliphatic rings. The number of hydrogen-bond acceptors (Lipinski definition) is 3. The van der Waals surface area contributed by atoms with Crippen LogP contribution >= 0.6 is 22.6 Å². The number of nitrogens with zero attached hydrogens (tertiary/aromatic N) is 3. The van der Waals surface area contributed by atoms with Crippen LogP contribution in [0.25, 0.3) is 0 Å². The van der Waals surface area contributed by atoms with Crippen LogP contribution in [0.2, 0.25) is 0 Å². The minimum Gasteiger partial charge on any atom is -0.371 e. The molecule has 0 amide bonds. The lowest BCUT2D eigenvalue weighted by Crippen LogP contribution is -2.04. The van der Waals surface area contributed by atoms with Crippen LogP contribution in [0.15, 0.2) is 36.9 Å². The third-order valence-corrected chi connectivity index (χ3v) is 3.85. The number of rotatable bonds is 6. The Bertz CT molecular complexity index is 548. The summed E-state index contributed by atoms with van der Waals surface area (Å²) in [6.45, 7) is 7.42. The van der Waals surface area contributed by atoms with Gasteiger partial charge in [0.05, 0.1) is 19.8 Å². The van der Waals surface area contributed by atoms with E-state index in [4.69, 9.17) is 4.74 Å². The highest BCUT2D eigenvalue weighted by Crippen LogP contribution is 2.13. The first-order chi connectivity index (χ1) is 9.20. The number of halogens is 1. The van der Waals surface area contributed by atoms with E-state index in [1.165, 1.54) is 11.1 Å². The minimum absolute atomic E-state index is 0.470. The van der Waals surface area contributed by atoms with Crippen molar-refractivity contribution in [3.8, 4) is 0 Å². The molecule has 1 aromatic carbocycles. The molecule has 5 heteroatoms. The van der Waals surface area contributed by atoms with Gasteiger partial charge in [-0.15, -0.1) is 11.7 Å². The molecule has 0 unspecified atom stereocenters. The van der Waals surface area contributed by atoms with Crippen molar-refractivity contribution in [3.05, 3.63) is 57.4 Å². The van der Waals surface area contributed by atoms with Gasteiger partial charge in [-0.25, -0.2) is 4.68 Å². The molecular formula is C14H16IN3O. The normalized spacial score (nSPS) is 10.6. The van der Waals surface area contributed by atoms with Crippen LogP contribution in [-0.4, -0.2) is 21.6 Å². The fraction of sp³-hybridized carbons (Fsp3) is 0.286. The third-order valence-electron chi connectivity index (χ3n) is 2.67. The van der Waals surface area contributed by atoms with Crippen LogP contribution in [0.4, 0.5) is 0 Å². The van der Waals surface area contributed by atoms with E-state index in [2.05, 4.69) is 70.7 Å². The Balaban J connectivity index is 2.04. The van der Waals surface area contributed by atoms with E-state index in [0.717, 1.165) is 15.9 Å². The topological polar surface area (TPSA) is 39.9 Å². The zero-order chi connectivity index (χ0) is 13.7. The van der Waals surface area contributed by atoms with Gasteiger partial charge in [0.15, 0.2) is 0 Å². The standard InChI is InChI=1S/C14H16IN3O/c1-3-8-19-10-13-14(15)18(17-16-13)9-12-6-4-11(2)5-7-12/h3-7H,1,8-10H2,2H3. The summed E-state index contributed by atoms with van der Waals surface area (Å²) in [5.41, 5.74) is 3.34. The fourth-order valence-corrected chi connectivity index (χ4v) is 2.16. The zero-order valence-electron chi connectivity index (χ0n) is 10.8. The van der Waals surface area contributed by atoms with Gasteiger partial charge in [0.1, 0.15) is 9.39 Å². The SMILES string of the molecule is C=CCOCc1nnn(Cc2ccc(C)cc2)c1I. The third kappa shape index (κ3) is 3.87. The second-order valence-electron chi connectivity index (χ2n) is 4.27. The van der Waals surface area contributed by atoms with Crippen molar-refractivity contribution < 1.29 is 4.74 Å². The molecule has 4 nitrogen and oxygen atoms in total. The van der Waals surface area contributed by atoms with Crippen LogP contribution in [0, 0.1) is 10.6 Å². The van der Waals surface area contributed by atoms with E-state index in [1.807, 2.05) is 4.68 Å². The molecule has 0 saturated heterocycles. The van der Waals surface area contributed by atoms with Gasteiger partial charge in [0.25, 0.3) is 0 Å². The van der Waals surface area contributed by atoms with Crippen molar-refractivity contribution in [1.82, 2.24) is 15.0 Å². The van der Waals surface area contributed by atoms with Crippen molar-refractivity contribution in [3.63, 3.8) is 0 Å². The Kier molecular flexibility index (Phi) is 5.09. The van der Waals surface area contributed by atoms with Crippen molar-refractivity contribution >= 4 is 22.6 Å². The predicted octanol–water partition coefficient (Wildman–Crippen LogP) is 2.94. The summed E-state index contributed by atoms with van der Waals surface area (Å²) in [7, 11) is 0. The molecule has 0 spiro atoms. The quantitative estimate of drug-likeness (QED) is 0.447. The van der Waals surface area contributed by atoms with Crippen molar-refractivity contribution in [2.45, 2.75) is 20.1 Å². The minimum atomic E-state index is 0.470. The molecule has 0 saturated carbocycles. The number of benzene rings is 1. The molecule has 0 radical (unpaired) electrons. The number of aromatic nitrogens is 3. The average Bonchev–Trinajstić information content (AvgIpc) is 2.75. The molecular weight excluding hydrogens is 353 g/mol. The molecule has 19 heavy (non-hydrogen) atoms. The van der Waals surface area contributed by atoms with E-state index in [9.17, 15) is 0 Å². The first-order valence-corrected chi connectivity index (χ1v) is 7.10. The van der Waals surface area contributed by atoms with E-state index >= 15 is 0 Å². The summed E-state index contributed by atoms with van der Waals surface area (Å²) < 4.78 is 8.29. The molecule has 0 aliphatic heterocycles. The van der Waals surface area contributed by atoms with Crippen LogP contribution in [-0.2, 0) is 17.9 Å². The highest BCUT2D eigenvalue weighted by molar-refractivity contribution is 14.1. The maximum absolute atomic E-state index is 5.39. The van der Waals surface area contributed by atoms with E-state index in [1.54, 1.807) is 6.08 Å². The van der Waals surface area contributed by atoms with Gasteiger partial charge in [0.2, 0.25) is 0 Å². The monoisotopic (exact) mass is 369 g/mol. The zero-order valence-corrected chi connectivity index (χ0v) is 13.0. The Labute approximate surface area is 126 Å². The lowest BCUT2D eigenvalue weighted by Gasteiger charge is -2.04. The molecule has 2 aromatic rings. The smallest absolute Gasteiger partial charge is 0.125 e. The summed E-state index contributed by atoms with van der Waals surface area (Å²) in [5, 5.41) is 8.31. The van der Waals surface area contributed by atoms with Gasteiger partial charge in [0, 0.05) is 0 Å². The highest BCUT2D eigenvalue weighted by Gasteiger charge is 2.10. The van der Waals surface area contributed by atoms with Gasteiger partial charge in [-0.3, -0.25) is 0 Å². The molecule has 0 fully saturated rings. The molecule has 1 aromatic heterocycles. The highest BCUT2D eigenvalue weighted by atomic mass is 127. The molecule has 2 rings (SSSR count). The summed E-state index contributed by atoms with van der Waals surface area (Å²) in [4.78, 5) is 0. The van der Waals surface area contributed by atoms with Gasteiger partial charge in [-0.1, -0.05) is 41.1 Å². The molecule has 0 atom stereocenters. The maximum Gasteiger partial charge on any atom is 0.125 e. The van der Waals surface area contributed by atoms with Crippen LogP contribution in [0.5, 0.6) is 0 Å². The molecule has 1 heterocycles. The maximum atomic E-state index is 5.39. The van der Waals surface area contributed by atoms with E-state index < -0.39 is 0 Å². The van der Waals surface area contributed by atoms with Crippen LogP contribution < -0.4 is 0 Å². The average molecular weight is 369 g/mol. The largest absolute Gasteiger partial charge is 0.371 e. The summed E-state index contributed by atoms with van der Waals surface area (Å²) in [5.74, 6) is 0. The van der Waals surface area contributed by atoms with E-state index in [-0.39, 0.29) is 0 Å². The van der Waals surface area contributed by atoms with Crippen molar-refractivity contribution in [1.29, 1.82) is 0 Å². The molecule has 0 aliphatic carbocycles. The van der Waals surface area contributed by atoms with Crippen LogP contribution in [0.3, 0.4) is 0 Å². The summed E-state index contributed by atoms with van der Waals surface area (Å²) >= 11 is 2.25. The van der Waals surface area contributed by atoms with Gasteiger partial charge in [-0.05, 0) is 35.1 Å². The van der Waals surface area contributed by atoms with Gasteiger partial charge < -0.3 is 4.74 Å². The summed E-state index contributed by atoms with van der Waals surface area (Å²) in [6, 6.07) is 8.43. The fourth-order valence-electron chi connectivity index (χ4n) is 1.63. The van der Waals surface area contributed by atoms with Crippen LogP contribution in [0.1, 0.15) is 16.8 Å². The Morgan fingerprint density at radius 2 is 2.11 bits per heavy atom. The lowest BCUT2D eigenvalue weighted by molar-refractivity contribution is 0.145. The second-order valence-corrected chi connectivity index (χ2v) is 5.30. The van der Waals surface area contributed by atoms with Gasteiger partial charge in [-0.2, -0.15) is 0 Å². The lowest BCUT2D eigenvalue weighted by atomic mass is 10.1. The number of aryl methyl sites for hydroxylation is 1. The van der Waals surface area contributed by atoms with Crippen molar-refractivity contribution in [2.24, 2.45) is 0 Å². The Hall–Kier alpha value is -1.21. The van der Waals surface area contributed by atoms with Gasteiger partial charge >= 0.3 is 0 Å². The predicted molar refractivity (Wildman–Crippen MR) is 82.9 cm³/mol. The molecule has 100 valence electrons. The first-order valence-electron chi connectivity index (χ1n) is 6.02. The van der Waals surface area contributed by atoms with Crippen molar-refractivity contribution in [2.75, 3.05) is 6.61 Å². The first kappa shape index (κ1) is 14.2. The van der Waals surface area contributed by atoms with E-state index in [0.29, 0.717) is 13.2 Å². The second kappa shape index (κ2) is 6.81.